The number of aliphatic carboxylic acids is 1. The highest BCUT2D eigenvalue weighted by molar-refractivity contribution is 7.15. The number of alkyl halides is 3. The second-order valence-electron chi connectivity index (χ2n) is 8.72. The van der Waals surface area contributed by atoms with Crippen molar-refractivity contribution in [3.05, 3.63) is 70.7 Å². The molecule has 1 N–H and O–H groups in total. The number of hydrogen-bond acceptors (Lipinski definition) is 6. The summed E-state index contributed by atoms with van der Waals surface area (Å²) in [5.74, 6) is -4.83. The van der Waals surface area contributed by atoms with Gasteiger partial charge in [-0.25, -0.2) is 4.98 Å². The van der Waals surface area contributed by atoms with E-state index < -0.39 is 43.0 Å². The fraction of sp³-hybridized carbons (Fsp3) is 0.320. The van der Waals surface area contributed by atoms with Crippen molar-refractivity contribution in [2.24, 2.45) is 11.8 Å². The van der Waals surface area contributed by atoms with Crippen LogP contribution in [0.1, 0.15) is 33.3 Å². The van der Waals surface area contributed by atoms with Crippen LogP contribution in [0.2, 0.25) is 0 Å². The Kier molecular flexibility index (Phi) is 6.33. The zero-order valence-corrected chi connectivity index (χ0v) is 19.6. The lowest BCUT2D eigenvalue weighted by Crippen LogP contribution is -2.34. The smallest absolute Gasteiger partial charge is 0.394 e. The van der Waals surface area contributed by atoms with Gasteiger partial charge in [0.1, 0.15) is 22.5 Å². The minimum Gasteiger partial charge on any atom is -0.485 e. The van der Waals surface area contributed by atoms with Crippen LogP contribution in [0.25, 0.3) is 0 Å². The highest BCUT2D eigenvalue weighted by atomic mass is 32.1. The van der Waals surface area contributed by atoms with Gasteiger partial charge in [-0.1, -0.05) is 41.7 Å². The van der Waals surface area contributed by atoms with E-state index in [4.69, 9.17) is 14.6 Å². The number of aromatic nitrogens is 1. The normalized spacial score (nSPS) is 21.5. The topological polar surface area (TPSA) is 89.0 Å². The van der Waals surface area contributed by atoms with Crippen molar-refractivity contribution in [2.45, 2.75) is 25.1 Å². The number of ether oxygens (including phenoxy) is 2. The fourth-order valence-corrected chi connectivity index (χ4v) is 5.30. The largest absolute Gasteiger partial charge is 0.485 e. The zero-order chi connectivity index (χ0) is 25.4. The second-order valence-corrected chi connectivity index (χ2v) is 9.71. The molecule has 5 rings (SSSR count). The fourth-order valence-electron chi connectivity index (χ4n) is 4.54. The summed E-state index contributed by atoms with van der Waals surface area (Å²) in [5, 5.41) is 9.32. The van der Waals surface area contributed by atoms with E-state index in [9.17, 15) is 22.8 Å². The maximum Gasteiger partial charge on any atom is 0.394 e. The molecule has 1 amide bonds. The third kappa shape index (κ3) is 4.88. The predicted molar refractivity (Wildman–Crippen MR) is 123 cm³/mol. The van der Waals surface area contributed by atoms with Crippen LogP contribution in [0.4, 0.5) is 13.2 Å². The second kappa shape index (κ2) is 9.45. The van der Waals surface area contributed by atoms with E-state index in [1.165, 1.54) is 6.20 Å². The van der Waals surface area contributed by atoms with Crippen LogP contribution in [0.15, 0.2) is 54.7 Å². The van der Waals surface area contributed by atoms with Crippen LogP contribution in [0.5, 0.6) is 16.7 Å². The van der Waals surface area contributed by atoms with Crippen LogP contribution in [0, 0.1) is 11.8 Å². The number of aryl methyl sites for hydroxylation is 1. The van der Waals surface area contributed by atoms with E-state index >= 15 is 0 Å². The first-order valence-corrected chi connectivity index (χ1v) is 12.1. The molecule has 3 atom stereocenters. The first-order valence-electron chi connectivity index (χ1n) is 11.3. The van der Waals surface area contributed by atoms with Crippen molar-refractivity contribution < 1.29 is 37.3 Å². The number of hydrogen-bond donors (Lipinski definition) is 1. The van der Waals surface area contributed by atoms with Gasteiger partial charge in [0.2, 0.25) is 0 Å². The number of likely N-dealkylation sites (tertiary alicyclic amines) is 1. The Balaban J connectivity index is 1.25. The van der Waals surface area contributed by atoms with Gasteiger partial charge in [0.05, 0.1) is 18.0 Å². The van der Waals surface area contributed by atoms with Crippen molar-refractivity contribution >= 4 is 23.2 Å². The molecular formula is C25H21F3N2O5S. The maximum absolute atomic E-state index is 13.2. The van der Waals surface area contributed by atoms with E-state index in [-0.39, 0.29) is 16.2 Å². The van der Waals surface area contributed by atoms with Gasteiger partial charge < -0.3 is 19.5 Å². The van der Waals surface area contributed by atoms with Crippen LogP contribution < -0.4 is 9.47 Å². The van der Waals surface area contributed by atoms with Gasteiger partial charge in [-0.05, 0) is 42.2 Å². The molecule has 0 bridgehead atoms. The lowest BCUT2D eigenvalue weighted by atomic mass is 9.96. The van der Waals surface area contributed by atoms with E-state index in [0.29, 0.717) is 5.75 Å². The van der Waals surface area contributed by atoms with Gasteiger partial charge in [-0.2, -0.15) is 13.2 Å². The summed E-state index contributed by atoms with van der Waals surface area (Å²) < 4.78 is 51.7. The lowest BCUT2D eigenvalue weighted by molar-refractivity contribution is -0.187. The van der Waals surface area contributed by atoms with E-state index in [1.807, 2.05) is 42.5 Å². The summed E-state index contributed by atoms with van der Waals surface area (Å²) in [6, 6.07) is 15.3. The number of halogens is 3. The Morgan fingerprint density at radius 1 is 1.14 bits per heavy atom. The summed E-state index contributed by atoms with van der Waals surface area (Å²) >= 11 is 0.892. The van der Waals surface area contributed by atoms with Gasteiger partial charge in [0.15, 0.2) is 0 Å². The summed E-state index contributed by atoms with van der Waals surface area (Å²) in [4.78, 5) is 29.1. The SMILES string of the molecule is O=C(O)C1CN(C(=O)c2cnc(Oc3ccc4c(c3)CCC(c3ccccc3)O4)s2)CC1C(F)(F)F. The highest BCUT2D eigenvalue weighted by Gasteiger charge is 2.53. The number of carbonyl (C=O) groups is 2. The zero-order valence-electron chi connectivity index (χ0n) is 18.8. The average Bonchev–Trinajstić information content (AvgIpc) is 3.52. The molecule has 0 aliphatic carbocycles. The summed E-state index contributed by atoms with van der Waals surface area (Å²) in [7, 11) is 0. The number of amides is 1. The number of carboxylic acid groups (broad SMARTS) is 1. The van der Waals surface area contributed by atoms with E-state index in [2.05, 4.69) is 4.98 Å². The third-order valence-electron chi connectivity index (χ3n) is 6.39. The molecule has 36 heavy (non-hydrogen) atoms. The molecule has 2 aromatic carbocycles. The van der Waals surface area contributed by atoms with Crippen molar-refractivity contribution in [2.75, 3.05) is 13.1 Å². The first kappa shape index (κ1) is 24.1. The molecule has 11 heteroatoms. The Labute approximate surface area is 208 Å². The molecule has 1 aromatic heterocycles. The average molecular weight is 519 g/mol. The molecule has 3 aromatic rings. The molecule has 3 heterocycles. The highest BCUT2D eigenvalue weighted by Crippen LogP contribution is 2.40. The Bertz CT molecular complexity index is 1280. The number of rotatable bonds is 5. The Morgan fingerprint density at radius 3 is 2.61 bits per heavy atom. The Hall–Kier alpha value is -3.60. The van der Waals surface area contributed by atoms with Crippen LogP contribution >= 0.6 is 11.3 Å². The Morgan fingerprint density at radius 2 is 1.92 bits per heavy atom. The van der Waals surface area contributed by atoms with Gasteiger partial charge >= 0.3 is 12.1 Å². The van der Waals surface area contributed by atoms with Crippen LogP contribution in [-0.2, 0) is 11.2 Å². The van der Waals surface area contributed by atoms with Crippen molar-refractivity contribution in [1.82, 2.24) is 9.88 Å². The molecule has 1 fully saturated rings. The molecule has 2 aliphatic heterocycles. The maximum atomic E-state index is 13.2. The molecule has 3 unspecified atom stereocenters. The monoisotopic (exact) mass is 518 g/mol. The van der Waals surface area contributed by atoms with E-state index in [0.717, 1.165) is 46.0 Å². The van der Waals surface area contributed by atoms with Gasteiger partial charge in [0.25, 0.3) is 11.1 Å². The van der Waals surface area contributed by atoms with Gasteiger partial charge in [-0.3, -0.25) is 9.59 Å². The summed E-state index contributed by atoms with van der Waals surface area (Å²) in [5.41, 5.74) is 2.08. The van der Waals surface area contributed by atoms with Crippen LogP contribution in [0.3, 0.4) is 0 Å². The summed E-state index contributed by atoms with van der Waals surface area (Å²) in [6.45, 7) is -1.22. The molecule has 0 radical (unpaired) electrons. The van der Waals surface area contributed by atoms with Crippen molar-refractivity contribution in [3.8, 4) is 16.7 Å². The number of carboxylic acids is 1. The molecule has 7 nitrogen and oxygen atoms in total. The standard InChI is InChI=1S/C25H21F3N2O5S/c26-25(27,28)18-13-30(12-17(18)23(32)33)22(31)21-11-29-24(36-21)34-16-7-9-20-15(10-16)6-8-19(35-20)14-4-2-1-3-5-14/h1-5,7,9-11,17-19H,6,8,12-13H2,(H,32,33). The molecule has 1 saturated heterocycles. The van der Waals surface area contributed by atoms with Crippen molar-refractivity contribution in [1.29, 1.82) is 0 Å². The predicted octanol–water partition coefficient (Wildman–Crippen LogP) is 5.34. The molecule has 0 spiro atoms. The molecule has 188 valence electrons. The summed E-state index contributed by atoms with van der Waals surface area (Å²) in [6.07, 6.45) is -1.92. The van der Waals surface area contributed by atoms with Crippen molar-refractivity contribution in [3.63, 3.8) is 0 Å². The van der Waals surface area contributed by atoms with Gasteiger partial charge in [-0.15, -0.1) is 0 Å². The number of thiazole rings is 1. The lowest BCUT2D eigenvalue weighted by Gasteiger charge is -2.26. The van der Waals surface area contributed by atoms with E-state index in [1.54, 1.807) is 6.07 Å². The molecular weight excluding hydrogens is 497 g/mol. The minimum absolute atomic E-state index is 0.0266. The molecule has 2 aliphatic rings. The van der Waals surface area contributed by atoms with Crippen LogP contribution in [-0.4, -0.2) is 46.1 Å². The minimum atomic E-state index is -4.71. The number of benzene rings is 2. The number of nitrogens with zero attached hydrogens (tertiary/aromatic N) is 2. The third-order valence-corrected chi connectivity index (χ3v) is 7.26. The van der Waals surface area contributed by atoms with Gasteiger partial charge in [0, 0.05) is 13.1 Å². The quantitative estimate of drug-likeness (QED) is 0.491. The molecule has 0 saturated carbocycles. The number of carbonyl (C=O) groups excluding carboxylic acids is 1. The first-order chi connectivity index (χ1) is 17.2. The number of fused-ring (bicyclic) bond motifs is 1.